The highest BCUT2D eigenvalue weighted by atomic mass is 16.5. The van der Waals surface area contributed by atoms with Gasteiger partial charge in [-0.25, -0.2) is 9.78 Å². The number of methoxy groups -OCH3 is 1. The summed E-state index contributed by atoms with van der Waals surface area (Å²) < 4.78 is 10.6. The van der Waals surface area contributed by atoms with Crippen molar-refractivity contribution in [3.63, 3.8) is 0 Å². The highest BCUT2D eigenvalue weighted by molar-refractivity contribution is 5.95. The average Bonchev–Trinajstić information content (AvgIpc) is 2.39. The van der Waals surface area contributed by atoms with Crippen LogP contribution in [0.3, 0.4) is 0 Å². The van der Waals surface area contributed by atoms with Gasteiger partial charge < -0.3 is 19.5 Å². The average molecular weight is 266 g/mol. The van der Waals surface area contributed by atoms with Crippen molar-refractivity contribution in [3.05, 3.63) is 23.4 Å². The summed E-state index contributed by atoms with van der Waals surface area (Å²) in [4.78, 5) is 17.6. The number of rotatable bonds is 4. The zero-order valence-electron chi connectivity index (χ0n) is 11.1. The van der Waals surface area contributed by atoms with E-state index in [9.17, 15) is 9.90 Å². The molecular formula is C13H18N2O4. The van der Waals surface area contributed by atoms with Crippen molar-refractivity contribution in [1.29, 1.82) is 0 Å². The Morgan fingerprint density at radius 1 is 1.68 bits per heavy atom. The summed E-state index contributed by atoms with van der Waals surface area (Å²) in [6, 6.07) is 1.70. The number of morpholine rings is 1. The first kappa shape index (κ1) is 13.8. The van der Waals surface area contributed by atoms with E-state index in [2.05, 4.69) is 4.98 Å². The van der Waals surface area contributed by atoms with Gasteiger partial charge in [-0.05, 0) is 18.6 Å². The first-order valence-electron chi connectivity index (χ1n) is 6.17. The highest BCUT2D eigenvalue weighted by Gasteiger charge is 2.28. The van der Waals surface area contributed by atoms with Gasteiger partial charge in [0.15, 0.2) is 0 Å². The molecule has 1 N–H and O–H groups in total. The third-order valence-electron chi connectivity index (χ3n) is 3.21. The van der Waals surface area contributed by atoms with Crippen LogP contribution in [0.5, 0.6) is 0 Å². The smallest absolute Gasteiger partial charge is 0.339 e. The second kappa shape index (κ2) is 5.99. The summed E-state index contributed by atoms with van der Waals surface area (Å²) in [5.74, 6) is -0.457. The Morgan fingerprint density at radius 2 is 2.47 bits per heavy atom. The molecule has 0 radical (unpaired) electrons. The Hall–Kier alpha value is -1.66. The fourth-order valence-corrected chi connectivity index (χ4v) is 2.29. The van der Waals surface area contributed by atoms with E-state index in [1.807, 2.05) is 4.90 Å². The van der Waals surface area contributed by atoms with Gasteiger partial charge in [0.25, 0.3) is 0 Å². The minimum absolute atomic E-state index is 0.00819. The van der Waals surface area contributed by atoms with E-state index < -0.39 is 5.97 Å². The van der Waals surface area contributed by atoms with Crippen LogP contribution in [-0.2, 0) is 9.47 Å². The SMILES string of the molecule is COC[C@@H]1COCCN1c1nccc(C)c1C(=O)O. The van der Waals surface area contributed by atoms with Gasteiger partial charge in [0, 0.05) is 19.9 Å². The molecule has 0 amide bonds. The van der Waals surface area contributed by atoms with Gasteiger partial charge >= 0.3 is 5.97 Å². The second-order valence-corrected chi connectivity index (χ2v) is 4.51. The van der Waals surface area contributed by atoms with E-state index in [4.69, 9.17) is 9.47 Å². The second-order valence-electron chi connectivity index (χ2n) is 4.51. The predicted octanol–water partition coefficient (Wildman–Crippen LogP) is 0.940. The highest BCUT2D eigenvalue weighted by Crippen LogP contribution is 2.24. The Bertz CT molecular complexity index is 462. The van der Waals surface area contributed by atoms with Crippen LogP contribution < -0.4 is 4.90 Å². The van der Waals surface area contributed by atoms with Crippen molar-refractivity contribution < 1.29 is 19.4 Å². The fraction of sp³-hybridized carbons (Fsp3) is 0.538. The molecule has 0 unspecified atom stereocenters. The lowest BCUT2D eigenvalue weighted by atomic mass is 10.1. The molecule has 1 aromatic rings. The van der Waals surface area contributed by atoms with Gasteiger partial charge in [0.05, 0.1) is 25.9 Å². The molecule has 2 heterocycles. The number of carboxylic acid groups (broad SMARTS) is 1. The molecule has 6 nitrogen and oxygen atoms in total. The number of aryl methyl sites for hydroxylation is 1. The third-order valence-corrected chi connectivity index (χ3v) is 3.21. The molecule has 1 aliphatic rings. The number of anilines is 1. The van der Waals surface area contributed by atoms with Crippen LogP contribution in [0.4, 0.5) is 5.82 Å². The largest absolute Gasteiger partial charge is 0.478 e. The molecule has 1 fully saturated rings. The molecule has 0 aromatic carbocycles. The maximum Gasteiger partial charge on any atom is 0.339 e. The number of nitrogens with zero attached hydrogens (tertiary/aromatic N) is 2. The molecule has 1 saturated heterocycles. The Labute approximate surface area is 112 Å². The molecule has 2 rings (SSSR count). The van der Waals surface area contributed by atoms with Crippen molar-refractivity contribution in [1.82, 2.24) is 4.98 Å². The first-order valence-corrected chi connectivity index (χ1v) is 6.17. The van der Waals surface area contributed by atoms with Crippen LogP contribution in [0, 0.1) is 6.92 Å². The van der Waals surface area contributed by atoms with Crippen molar-refractivity contribution in [3.8, 4) is 0 Å². The van der Waals surface area contributed by atoms with Gasteiger partial charge in [0.2, 0.25) is 0 Å². The van der Waals surface area contributed by atoms with E-state index in [0.29, 0.717) is 37.7 Å². The summed E-state index contributed by atoms with van der Waals surface area (Å²) in [6.07, 6.45) is 1.64. The van der Waals surface area contributed by atoms with Crippen LogP contribution in [0.2, 0.25) is 0 Å². The van der Waals surface area contributed by atoms with Crippen LogP contribution >= 0.6 is 0 Å². The van der Waals surface area contributed by atoms with Crippen molar-refractivity contribution in [2.75, 3.05) is 38.4 Å². The van der Waals surface area contributed by atoms with E-state index in [-0.39, 0.29) is 11.6 Å². The number of pyridine rings is 1. The zero-order valence-corrected chi connectivity index (χ0v) is 11.1. The van der Waals surface area contributed by atoms with Crippen molar-refractivity contribution >= 4 is 11.8 Å². The van der Waals surface area contributed by atoms with E-state index in [1.165, 1.54) is 0 Å². The maximum absolute atomic E-state index is 11.4. The summed E-state index contributed by atoms with van der Waals surface area (Å²) in [7, 11) is 1.62. The normalized spacial score (nSPS) is 19.5. The van der Waals surface area contributed by atoms with Crippen LogP contribution in [0.15, 0.2) is 12.3 Å². The molecule has 0 spiro atoms. The number of hydrogen-bond acceptors (Lipinski definition) is 5. The van der Waals surface area contributed by atoms with E-state index in [0.717, 1.165) is 0 Å². The molecular weight excluding hydrogens is 248 g/mol. The molecule has 1 aromatic heterocycles. The van der Waals surface area contributed by atoms with Gasteiger partial charge in [-0.15, -0.1) is 0 Å². The summed E-state index contributed by atoms with van der Waals surface area (Å²) in [5.41, 5.74) is 0.964. The molecule has 0 bridgehead atoms. The molecule has 6 heteroatoms. The number of aromatic carboxylic acids is 1. The lowest BCUT2D eigenvalue weighted by molar-refractivity contribution is 0.0588. The maximum atomic E-state index is 11.4. The van der Waals surface area contributed by atoms with E-state index >= 15 is 0 Å². The van der Waals surface area contributed by atoms with Gasteiger partial charge in [-0.3, -0.25) is 0 Å². The van der Waals surface area contributed by atoms with Crippen LogP contribution in [0.25, 0.3) is 0 Å². The first-order chi connectivity index (χ1) is 9.15. The number of carboxylic acids is 1. The van der Waals surface area contributed by atoms with Gasteiger partial charge in [0.1, 0.15) is 11.4 Å². The molecule has 104 valence electrons. The summed E-state index contributed by atoms with van der Waals surface area (Å²) in [6.45, 7) is 3.96. The van der Waals surface area contributed by atoms with Crippen molar-refractivity contribution in [2.24, 2.45) is 0 Å². The fourth-order valence-electron chi connectivity index (χ4n) is 2.29. The quantitative estimate of drug-likeness (QED) is 0.874. The predicted molar refractivity (Wildman–Crippen MR) is 69.8 cm³/mol. The third kappa shape index (κ3) is 2.85. The van der Waals surface area contributed by atoms with E-state index in [1.54, 1.807) is 26.3 Å². The number of hydrogen-bond donors (Lipinski definition) is 1. The molecule has 1 atom stereocenters. The van der Waals surface area contributed by atoms with Crippen LogP contribution in [-0.4, -0.2) is 55.6 Å². The Morgan fingerprint density at radius 3 is 3.16 bits per heavy atom. The summed E-state index contributed by atoms with van der Waals surface area (Å²) >= 11 is 0. The molecule has 19 heavy (non-hydrogen) atoms. The molecule has 1 aliphatic heterocycles. The minimum Gasteiger partial charge on any atom is -0.478 e. The van der Waals surface area contributed by atoms with Gasteiger partial charge in [-0.2, -0.15) is 0 Å². The zero-order chi connectivity index (χ0) is 13.8. The minimum atomic E-state index is -0.955. The standard InChI is InChI=1S/C13H18N2O4/c1-9-3-4-14-12(11(9)13(16)17)15-5-6-19-8-10(15)7-18-2/h3-4,10H,5-8H2,1-2H3,(H,16,17)/t10-/m1/s1. The van der Waals surface area contributed by atoms with Gasteiger partial charge in [-0.1, -0.05) is 0 Å². The number of aromatic nitrogens is 1. The Kier molecular flexibility index (Phi) is 4.34. The Balaban J connectivity index is 2.38. The number of carbonyl (C=O) groups is 1. The van der Waals surface area contributed by atoms with Crippen LogP contribution in [0.1, 0.15) is 15.9 Å². The molecule has 0 saturated carbocycles. The number of ether oxygens (including phenoxy) is 2. The monoisotopic (exact) mass is 266 g/mol. The lowest BCUT2D eigenvalue weighted by Crippen LogP contribution is -2.49. The van der Waals surface area contributed by atoms with Crippen molar-refractivity contribution in [2.45, 2.75) is 13.0 Å². The lowest BCUT2D eigenvalue weighted by Gasteiger charge is -2.36. The molecule has 0 aliphatic carbocycles. The summed E-state index contributed by atoms with van der Waals surface area (Å²) in [5, 5.41) is 9.36. The topological polar surface area (TPSA) is 71.9 Å².